The lowest BCUT2D eigenvalue weighted by molar-refractivity contribution is -0.138. The van der Waals surface area contributed by atoms with Gasteiger partial charge < -0.3 is 14.2 Å². The standard InChI is InChI=1S/C40H47ClN4O5S/c1-43(2)51(48,49)42-38(46)31-13-18-34-35(25-31)45(37(30-11-16-33(50-3)17-12-30)36(34)29-7-5-4-6-8-29)26-40(21-22-40)39(47)44-23-19-28(20-24-44)27-9-14-32(41)15-10-27/h9-18,25,28-29H,4-8,19-24,26H2,1-3H3,(H,42,46). The van der Waals surface area contributed by atoms with Gasteiger partial charge in [0, 0.05) is 55.2 Å². The first-order valence-electron chi connectivity index (χ1n) is 18.1. The van der Waals surface area contributed by atoms with Crippen molar-refractivity contribution in [3.05, 3.63) is 88.4 Å². The largest absolute Gasteiger partial charge is 0.497 e. The highest BCUT2D eigenvalue weighted by molar-refractivity contribution is 7.87. The predicted octanol–water partition coefficient (Wildman–Crippen LogP) is 7.74. The van der Waals surface area contributed by atoms with Gasteiger partial charge in [-0.2, -0.15) is 12.7 Å². The maximum atomic E-state index is 14.5. The molecule has 1 aliphatic heterocycles. The van der Waals surface area contributed by atoms with E-state index in [-0.39, 0.29) is 11.5 Å². The number of hydrogen-bond donors (Lipinski definition) is 1. The monoisotopic (exact) mass is 730 g/mol. The van der Waals surface area contributed by atoms with E-state index in [1.165, 1.54) is 31.6 Å². The van der Waals surface area contributed by atoms with Crippen molar-refractivity contribution in [2.45, 2.75) is 76.2 Å². The first-order valence-corrected chi connectivity index (χ1v) is 19.9. The number of methoxy groups -OCH3 is 1. The number of likely N-dealkylation sites (tertiary alicyclic amines) is 1. The Morgan fingerprint density at radius 2 is 1.57 bits per heavy atom. The predicted molar refractivity (Wildman–Crippen MR) is 201 cm³/mol. The number of piperidine rings is 1. The molecule has 1 N–H and O–H groups in total. The normalized spacial score (nSPS) is 18.3. The Kier molecular flexibility index (Phi) is 9.95. The van der Waals surface area contributed by atoms with Gasteiger partial charge in [0.25, 0.3) is 5.91 Å². The molecule has 3 aromatic carbocycles. The third-order valence-corrected chi connectivity index (χ3v) is 13.0. The summed E-state index contributed by atoms with van der Waals surface area (Å²) in [6.45, 7) is 1.90. The van der Waals surface area contributed by atoms with Crippen molar-refractivity contribution in [1.29, 1.82) is 0 Å². The first kappa shape index (κ1) is 35.5. The maximum Gasteiger partial charge on any atom is 0.303 e. The molecule has 4 aromatic rings. The molecule has 0 unspecified atom stereocenters. The van der Waals surface area contributed by atoms with Crippen LogP contribution in [0.1, 0.15) is 91.1 Å². The summed E-state index contributed by atoms with van der Waals surface area (Å²) in [7, 11) is 0.436. The van der Waals surface area contributed by atoms with E-state index < -0.39 is 21.5 Å². The van der Waals surface area contributed by atoms with Crippen LogP contribution in [0, 0.1) is 5.41 Å². The third-order valence-electron chi connectivity index (χ3n) is 11.3. The van der Waals surface area contributed by atoms with E-state index in [4.69, 9.17) is 16.3 Å². The summed E-state index contributed by atoms with van der Waals surface area (Å²) in [6, 6.07) is 21.7. The number of halogens is 1. The van der Waals surface area contributed by atoms with Crippen LogP contribution >= 0.6 is 11.6 Å². The van der Waals surface area contributed by atoms with Crippen LogP contribution in [0.3, 0.4) is 0 Å². The molecule has 2 aliphatic carbocycles. The van der Waals surface area contributed by atoms with E-state index in [1.54, 1.807) is 13.2 Å². The number of ether oxygens (including phenoxy) is 1. The second-order valence-electron chi connectivity index (χ2n) is 14.8. The van der Waals surface area contributed by atoms with Crippen LogP contribution < -0.4 is 9.46 Å². The highest BCUT2D eigenvalue weighted by atomic mass is 35.5. The fraction of sp³-hybridized carbons (Fsp3) is 0.450. The Balaban J connectivity index is 1.28. The molecule has 0 bridgehead atoms. The van der Waals surface area contributed by atoms with Gasteiger partial charge >= 0.3 is 10.2 Å². The summed E-state index contributed by atoms with van der Waals surface area (Å²) in [5.74, 6) is 0.994. The summed E-state index contributed by atoms with van der Waals surface area (Å²) in [5, 5.41) is 1.78. The quantitative estimate of drug-likeness (QED) is 0.180. The summed E-state index contributed by atoms with van der Waals surface area (Å²) < 4.78 is 36.2. The molecular formula is C40H47ClN4O5S. The van der Waals surface area contributed by atoms with Gasteiger partial charge in [0.15, 0.2) is 0 Å². The fourth-order valence-electron chi connectivity index (χ4n) is 8.19. The van der Waals surface area contributed by atoms with Crippen molar-refractivity contribution in [3.8, 4) is 17.0 Å². The molecule has 2 amide bonds. The van der Waals surface area contributed by atoms with E-state index in [9.17, 15) is 18.0 Å². The lowest BCUT2D eigenvalue weighted by Crippen LogP contribution is -2.43. The molecule has 0 spiro atoms. The van der Waals surface area contributed by atoms with Gasteiger partial charge in [0.2, 0.25) is 5.91 Å². The number of benzene rings is 3. The number of rotatable bonds is 10. The average Bonchev–Trinajstić information content (AvgIpc) is 3.87. The topological polar surface area (TPSA) is 101 Å². The average molecular weight is 731 g/mol. The van der Waals surface area contributed by atoms with Crippen molar-refractivity contribution >= 4 is 44.5 Å². The molecule has 2 heterocycles. The zero-order valence-electron chi connectivity index (χ0n) is 29.7. The molecule has 0 atom stereocenters. The van der Waals surface area contributed by atoms with Crippen LogP contribution in [0.2, 0.25) is 5.02 Å². The Bertz CT molecular complexity index is 2020. The SMILES string of the molecule is COc1ccc(-c2c(C3CCCCC3)c3ccc(C(=O)NS(=O)(=O)N(C)C)cc3n2CC2(C(=O)N3CCC(c4ccc(Cl)cc4)CC3)CC2)cc1. The van der Waals surface area contributed by atoms with Crippen LogP contribution in [-0.4, -0.2) is 68.3 Å². The Morgan fingerprint density at radius 3 is 2.18 bits per heavy atom. The maximum absolute atomic E-state index is 14.5. The molecule has 1 aromatic heterocycles. The van der Waals surface area contributed by atoms with Gasteiger partial charge in [-0.1, -0.05) is 49.1 Å². The van der Waals surface area contributed by atoms with E-state index in [0.29, 0.717) is 31.5 Å². The number of amides is 2. The molecule has 51 heavy (non-hydrogen) atoms. The molecule has 3 aliphatic rings. The van der Waals surface area contributed by atoms with Crippen molar-refractivity contribution in [3.63, 3.8) is 0 Å². The van der Waals surface area contributed by atoms with Crippen molar-refractivity contribution in [1.82, 2.24) is 18.5 Å². The molecule has 3 fully saturated rings. The van der Waals surface area contributed by atoms with E-state index >= 15 is 0 Å². The van der Waals surface area contributed by atoms with Gasteiger partial charge in [-0.05, 0) is 116 Å². The molecule has 7 rings (SSSR count). The van der Waals surface area contributed by atoms with Crippen LogP contribution in [0.15, 0.2) is 66.7 Å². The van der Waals surface area contributed by atoms with Crippen LogP contribution in [0.5, 0.6) is 5.75 Å². The fourth-order valence-corrected chi connectivity index (χ4v) is 8.85. The number of nitrogens with one attached hydrogen (secondary N) is 1. The molecule has 1 saturated heterocycles. The second-order valence-corrected chi connectivity index (χ2v) is 17.1. The number of aromatic nitrogens is 1. The molecule has 2 saturated carbocycles. The lowest BCUT2D eigenvalue weighted by Gasteiger charge is -2.35. The second kappa shape index (κ2) is 14.3. The summed E-state index contributed by atoms with van der Waals surface area (Å²) in [4.78, 5) is 30.0. The smallest absolute Gasteiger partial charge is 0.303 e. The summed E-state index contributed by atoms with van der Waals surface area (Å²) in [6.07, 6.45) is 9.06. The molecule has 270 valence electrons. The molecule has 11 heteroatoms. The van der Waals surface area contributed by atoms with Gasteiger partial charge in [0.1, 0.15) is 5.75 Å². The Labute approximate surface area is 306 Å². The minimum atomic E-state index is -3.99. The molecular weight excluding hydrogens is 684 g/mol. The van der Waals surface area contributed by atoms with Crippen molar-refractivity contribution in [2.24, 2.45) is 5.41 Å². The van der Waals surface area contributed by atoms with Crippen LogP contribution in [0.25, 0.3) is 22.2 Å². The van der Waals surface area contributed by atoms with Crippen molar-refractivity contribution in [2.75, 3.05) is 34.3 Å². The van der Waals surface area contributed by atoms with E-state index in [1.807, 2.05) is 36.4 Å². The minimum absolute atomic E-state index is 0.199. The van der Waals surface area contributed by atoms with Crippen molar-refractivity contribution < 1.29 is 22.7 Å². The number of hydrogen-bond acceptors (Lipinski definition) is 5. The van der Waals surface area contributed by atoms with Gasteiger partial charge in [-0.3, -0.25) is 9.59 Å². The summed E-state index contributed by atoms with van der Waals surface area (Å²) in [5.41, 5.74) is 5.16. The Morgan fingerprint density at radius 1 is 0.902 bits per heavy atom. The van der Waals surface area contributed by atoms with Crippen LogP contribution in [-0.2, 0) is 21.5 Å². The highest BCUT2D eigenvalue weighted by Crippen LogP contribution is 2.52. The Hall–Kier alpha value is -3.86. The van der Waals surface area contributed by atoms with Gasteiger partial charge in [0.05, 0.1) is 18.2 Å². The zero-order chi connectivity index (χ0) is 35.9. The highest BCUT2D eigenvalue weighted by Gasteiger charge is 2.53. The third kappa shape index (κ3) is 7.15. The van der Waals surface area contributed by atoms with Gasteiger partial charge in [-0.25, -0.2) is 4.72 Å². The minimum Gasteiger partial charge on any atom is -0.497 e. The zero-order valence-corrected chi connectivity index (χ0v) is 31.2. The van der Waals surface area contributed by atoms with Crippen LogP contribution in [0.4, 0.5) is 0 Å². The molecule has 0 radical (unpaired) electrons. The van der Waals surface area contributed by atoms with E-state index in [2.05, 4.69) is 38.5 Å². The number of carbonyl (C=O) groups is 2. The summed E-state index contributed by atoms with van der Waals surface area (Å²) >= 11 is 6.14. The van der Waals surface area contributed by atoms with E-state index in [0.717, 1.165) is 88.6 Å². The lowest BCUT2D eigenvalue weighted by atomic mass is 9.81. The van der Waals surface area contributed by atoms with Gasteiger partial charge in [-0.15, -0.1) is 0 Å². The number of fused-ring (bicyclic) bond motifs is 1. The number of nitrogens with zero attached hydrogens (tertiary/aromatic N) is 3. The molecule has 9 nitrogen and oxygen atoms in total. The number of carbonyl (C=O) groups excluding carboxylic acids is 2. The first-order chi connectivity index (χ1) is 24.5.